The van der Waals surface area contributed by atoms with E-state index in [-0.39, 0.29) is 5.88 Å². The molecule has 20 heavy (non-hydrogen) atoms. The number of benzene rings is 2. The van der Waals surface area contributed by atoms with Crippen LogP contribution in [-0.4, -0.2) is 14.9 Å². The minimum absolute atomic E-state index is 0.178. The summed E-state index contributed by atoms with van der Waals surface area (Å²) in [5.41, 5.74) is 4.61. The van der Waals surface area contributed by atoms with E-state index in [1.54, 1.807) is 4.68 Å². The third-order valence-corrected chi connectivity index (χ3v) is 3.38. The molecule has 3 heteroatoms. The second-order valence-electron chi connectivity index (χ2n) is 4.90. The Hall–Kier alpha value is -2.55. The third-order valence-electron chi connectivity index (χ3n) is 3.38. The number of aromatic nitrogens is 2. The predicted octanol–water partition coefficient (Wildman–Crippen LogP) is 3.86. The van der Waals surface area contributed by atoms with Crippen LogP contribution in [0, 0.1) is 13.8 Å². The molecule has 3 aromatic rings. The number of hydrogen-bond acceptors (Lipinski definition) is 2. The van der Waals surface area contributed by atoms with Crippen molar-refractivity contribution in [2.45, 2.75) is 13.8 Å². The van der Waals surface area contributed by atoms with E-state index in [9.17, 15) is 5.11 Å². The Morgan fingerprint density at radius 1 is 0.900 bits per heavy atom. The van der Waals surface area contributed by atoms with Crippen LogP contribution in [0.1, 0.15) is 11.3 Å². The van der Waals surface area contributed by atoms with Crippen molar-refractivity contribution in [3.63, 3.8) is 0 Å². The lowest BCUT2D eigenvalue weighted by Gasteiger charge is -2.04. The summed E-state index contributed by atoms with van der Waals surface area (Å²) in [6.45, 7) is 3.94. The van der Waals surface area contributed by atoms with E-state index in [1.165, 1.54) is 5.56 Å². The zero-order valence-electron chi connectivity index (χ0n) is 11.5. The molecule has 0 atom stereocenters. The summed E-state index contributed by atoms with van der Waals surface area (Å²) < 4.78 is 1.58. The number of nitrogens with zero attached hydrogens (tertiary/aromatic N) is 2. The zero-order valence-corrected chi connectivity index (χ0v) is 11.5. The highest BCUT2D eigenvalue weighted by Gasteiger charge is 2.16. The van der Waals surface area contributed by atoms with Crippen LogP contribution in [0.25, 0.3) is 16.8 Å². The highest BCUT2D eigenvalue weighted by atomic mass is 16.3. The molecule has 100 valence electrons. The largest absolute Gasteiger partial charge is 0.493 e. The van der Waals surface area contributed by atoms with Crippen LogP contribution in [0.15, 0.2) is 54.6 Å². The van der Waals surface area contributed by atoms with Gasteiger partial charge in [-0.3, -0.25) is 0 Å². The van der Waals surface area contributed by atoms with Crippen molar-refractivity contribution in [3.05, 3.63) is 65.9 Å². The van der Waals surface area contributed by atoms with E-state index in [2.05, 4.69) is 5.10 Å². The van der Waals surface area contributed by atoms with Gasteiger partial charge in [0, 0.05) is 0 Å². The summed E-state index contributed by atoms with van der Waals surface area (Å²) in [4.78, 5) is 0. The van der Waals surface area contributed by atoms with Gasteiger partial charge in [-0.2, -0.15) is 5.10 Å². The van der Waals surface area contributed by atoms with Crippen LogP contribution in [0.3, 0.4) is 0 Å². The van der Waals surface area contributed by atoms with Crippen LogP contribution in [0.4, 0.5) is 0 Å². The fourth-order valence-corrected chi connectivity index (χ4v) is 2.32. The maximum atomic E-state index is 10.5. The summed E-state index contributed by atoms with van der Waals surface area (Å²) in [5.74, 6) is 0.178. The molecule has 0 fully saturated rings. The van der Waals surface area contributed by atoms with Gasteiger partial charge in [0.25, 0.3) is 0 Å². The summed E-state index contributed by atoms with van der Waals surface area (Å²) >= 11 is 0. The van der Waals surface area contributed by atoms with E-state index in [0.29, 0.717) is 0 Å². The van der Waals surface area contributed by atoms with Crippen molar-refractivity contribution in [1.82, 2.24) is 9.78 Å². The molecule has 3 rings (SSSR count). The van der Waals surface area contributed by atoms with E-state index < -0.39 is 0 Å². The molecule has 0 bridgehead atoms. The van der Waals surface area contributed by atoms with Gasteiger partial charge in [0.15, 0.2) is 0 Å². The molecule has 2 aromatic carbocycles. The van der Waals surface area contributed by atoms with Crippen LogP contribution in [0.5, 0.6) is 5.88 Å². The standard InChI is InChI=1S/C17H16N2O/c1-12-8-10-15(11-9-12)19-17(20)16(13(2)18-19)14-6-4-3-5-7-14/h3-11,20H,1-2H3. The normalized spacial score (nSPS) is 10.7. The fourth-order valence-electron chi connectivity index (χ4n) is 2.32. The second kappa shape index (κ2) is 4.85. The quantitative estimate of drug-likeness (QED) is 0.763. The maximum absolute atomic E-state index is 10.5. The molecule has 1 N–H and O–H groups in total. The maximum Gasteiger partial charge on any atom is 0.222 e. The van der Waals surface area contributed by atoms with Gasteiger partial charge >= 0.3 is 0 Å². The Bertz CT molecular complexity index is 728. The van der Waals surface area contributed by atoms with Crippen LogP contribution < -0.4 is 0 Å². The minimum atomic E-state index is 0.178. The van der Waals surface area contributed by atoms with E-state index in [4.69, 9.17) is 0 Å². The molecular weight excluding hydrogens is 248 g/mol. The fraction of sp³-hybridized carbons (Fsp3) is 0.118. The number of aryl methyl sites for hydroxylation is 2. The van der Waals surface area contributed by atoms with Crippen molar-refractivity contribution in [3.8, 4) is 22.7 Å². The lowest BCUT2D eigenvalue weighted by molar-refractivity contribution is 0.435. The molecular formula is C17H16N2O. The first kappa shape index (κ1) is 12.5. The smallest absolute Gasteiger partial charge is 0.222 e. The highest BCUT2D eigenvalue weighted by Crippen LogP contribution is 2.33. The van der Waals surface area contributed by atoms with Crippen molar-refractivity contribution in [2.24, 2.45) is 0 Å². The topological polar surface area (TPSA) is 38.0 Å². The third kappa shape index (κ3) is 2.07. The van der Waals surface area contributed by atoms with Crippen molar-refractivity contribution in [2.75, 3.05) is 0 Å². The molecule has 0 amide bonds. The Morgan fingerprint density at radius 3 is 2.20 bits per heavy atom. The minimum Gasteiger partial charge on any atom is -0.493 e. The summed E-state index contributed by atoms with van der Waals surface area (Å²) in [6.07, 6.45) is 0. The van der Waals surface area contributed by atoms with Gasteiger partial charge in [-0.05, 0) is 31.5 Å². The molecule has 0 saturated heterocycles. The molecule has 0 spiro atoms. The number of aromatic hydroxyl groups is 1. The number of hydrogen-bond donors (Lipinski definition) is 1. The van der Waals surface area contributed by atoms with E-state index >= 15 is 0 Å². The van der Waals surface area contributed by atoms with Gasteiger partial charge < -0.3 is 5.11 Å². The van der Waals surface area contributed by atoms with Gasteiger partial charge in [0.2, 0.25) is 5.88 Å². The van der Waals surface area contributed by atoms with E-state index in [0.717, 1.165) is 22.5 Å². The van der Waals surface area contributed by atoms with Crippen molar-refractivity contribution >= 4 is 0 Å². The molecule has 0 aliphatic heterocycles. The SMILES string of the molecule is Cc1ccc(-n2nc(C)c(-c3ccccc3)c2O)cc1. The Balaban J connectivity index is 2.14. The van der Waals surface area contributed by atoms with Crippen LogP contribution in [-0.2, 0) is 0 Å². The Morgan fingerprint density at radius 2 is 1.55 bits per heavy atom. The molecule has 0 aliphatic rings. The lowest BCUT2D eigenvalue weighted by atomic mass is 10.1. The monoisotopic (exact) mass is 264 g/mol. The van der Waals surface area contributed by atoms with Gasteiger partial charge in [0.1, 0.15) is 0 Å². The molecule has 0 saturated carbocycles. The summed E-state index contributed by atoms with van der Waals surface area (Å²) in [5, 5.41) is 14.9. The zero-order chi connectivity index (χ0) is 14.1. The van der Waals surface area contributed by atoms with Gasteiger partial charge in [-0.1, -0.05) is 48.0 Å². The molecule has 1 aromatic heterocycles. The second-order valence-corrected chi connectivity index (χ2v) is 4.90. The molecule has 3 nitrogen and oxygen atoms in total. The Kier molecular flexibility index (Phi) is 3.03. The number of rotatable bonds is 2. The van der Waals surface area contributed by atoms with Crippen LogP contribution >= 0.6 is 0 Å². The first-order valence-electron chi connectivity index (χ1n) is 6.58. The lowest BCUT2D eigenvalue weighted by Crippen LogP contribution is -1.95. The molecule has 0 aliphatic carbocycles. The first-order chi connectivity index (χ1) is 9.66. The molecule has 1 heterocycles. The van der Waals surface area contributed by atoms with Gasteiger partial charge in [-0.25, -0.2) is 4.68 Å². The predicted molar refractivity (Wildman–Crippen MR) is 80.1 cm³/mol. The van der Waals surface area contributed by atoms with Crippen LogP contribution in [0.2, 0.25) is 0 Å². The van der Waals surface area contributed by atoms with Gasteiger partial charge in [0.05, 0.1) is 16.9 Å². The summed E-state index contributed by atoms with van der Waals surface area (Å²) in [7, 11) is 0. The molecule has 0 unspecified atom stereocenters. The van der Waals surface area contributed by atoms with Crippen molar-refractivity contribution in [1.29, 1.82) is 0 Å². The Labute approximate surface area is 118 Å². The summed E-state index contributed by atoms with van der Waals surface area (Å²) in [6, 6.07) is 17.7. The van der Waals surface area contributed by atoms with Crippen molar-refractivity contribution < 1.29 is 5.11 Å². The average Bonchev–Trinajstić information content (AvgIpc) is 2.76. The average molecular weight is 264 g/mol. The van der Waals surface area contributed by atoms with E-state index in [1.807, 2.05) is 68.4 Å². The highest BCUT2D eigenvalue weighted by molar-refractivity contribution is 5.71. The first-order valence-corrected chi connectivity index (χ1v) is 6.58. The van der Waals surface area contributed by atoms with Gasteiger partial charge in [-0.15, -0.1) is 0 Å². The molecule has 0 radical (unpaired) electrons.